The molecule has 1 amide bonds. The smallest absolute Gasteiger partial charge is 0.217 e. The zero-order chi connectivity index (χ0) is 19.6. The number of carbonyl (C=O) groups is 1. The maximum atomic E-state index is 11.0. The molecule has 0 saturated heterocycles. The third-order valence-corrected chi connectivity index (χ3v) is 5.72. The van der Waals surface area contributed by atoms with Gasteiger partial charge < -0.3 is 19.9 Å². The number of fused-ring (bicyclic) bond motifs is 1. The van der Waals surface area contributed by atoms with Crippen molar-refractivity contribution < 1.29 is 19.4 Å². The summed E-state index contributed by atoms with van der Waals surface area (Å²) in [7, 11) is 0. The summed E-state index contributed by atoms with van der Waals surface area (Å²) in [4.78, 5) is 20.7. The number of hydrogen-bond acceptors (Lipinski definition) is 7. The number of thiazole rings is 1. The van der Waals surface area contributed by atoms with Gasteiger partial charge in [0.25, 0.3) is 0 Å². The summed E-state index contributed by atoms with van der Waals surface area (Å²) in [5.41, 5.74) is -0.194. The molecule has 0 aromatic carbocycles. The minimum absolute atomic E-state index is 0.0296. The molecule has 1 fully saturated rings. The van der Waals surface area contributed by atoms with Crippen LogP contribution in [0.3, 0.4) is 0 Å². The minimum Gasteiger partial charge on any atom is -0.477 e. The standard InChI is InChI=1S/C19H27N3O4S/c1-11(20-12(2)23)9-25-14-7-13(8-14)10-26-16-6-5-15-17(22-16)27-18(21-15)19(3,4)24/h5-6,11,13-14,24H,7-10H2,1-4H3,(H,20,23)/t11-,13?,14?/m0/s1. The van der Waals surface area contributed by atoms with Crippen molar-refractivity contribution in [3.63, 3.8) is 0 Å². The van der Waals surface area contributed by atoms with E-state index in [2.05, 4.69) is 15.3 Å². The van der Waals surface area contributed by atoms with Gasteiger partial charge in [-0.3, -0.25) is 4.79 Å². The van der Waals surface area contributed by atoms with Crippen molar-refractivity contribution in [3.05, 3.63) is 17.1 Å². The van der Waals surface area contributed by atoms with Crippen LogP contribution in [0.15, 0.2) is 12.1 Å². The highest BCUT2D eigenvalue weighted by Crippen LogP contribution is 2.32. The normalized spacial score (nSPS) is 20.9. The third kappa shape index (κ3) is 5.37. The molecule has 0 spiro atoms. The molecule has 2 heterocycles. The van der Waals surface area contributed by atoms with E-state index < -0.39 is 5.60 Å². The van der Waals surface area contributed by atoms with Crippen LogP contribution in [0.2, 0.25) is 0 Å². The van der Waals surface area contributed by atoms with Crippen LogP contribution in [0.4, 0.5) is 0 Å². The Balaban J connectivity index is 1.43. The van der Waals surface area contributed by atoms with Crippen LogP contribution in [0, 0.1) is 5.92 Å². The molecular formula is C19H27N3O4S. The largest absolute Gasteiger partial charge is 0.477 e. The molecule has 1 aliphatic rings. The number of nitrogens with one attached hydrogen (secondary N) is 1. The SMILES string of the molecule is CC(=O)N[C@@H](C)COC1CC(COc2ccc3nc(C(C)(C)O)sc3n2)C1. The van der Waals surface area contributed by atoms with Gasteiger partial charge in [0.05, 0.1) is 19.3 Å². The van der Waals surface area contributed by atoms with E-state index >= 15 is 0 Å². The Bertz CT molecular complexity index is 796. The van der Waals surface area contributed by atoms with Gasteiger partial charge in [-0.25, -0.2) is 9.97 Å². The number of nitrogens with zero attached hydrogens (tertiary/aromatic N) is 2. The Morgan fingerprint density at radius 1 is 1.41 bits per heavy atom. The van der Waals surface area contributed by atoms with E-state index in [0.717, 1.165) is 23.2 Å². The van der Waals surface area contributed by atoms with Crippen LogP contribution in [0.1, 0.15) is 45.5 Å². The fourth-order valence-corrected chi connectivity index (χ4v) is 3.89. The van der Waals surface area contributed by atoms with Crippen LogP contribution in [0.5, 0.6) is 5.88 Å². The average Bonchev–Trinajstić information content (AvgIpc) is 2.95. The molecule has 0 radical (unpaired) electrons. The Morgan fingerprint density at radius 2 is 2.15 bits per heavy atom. The number of aliphatic hydroxyl groups is 1. The third-order valence-electron chi connectivity index (χ3n) is 4.44. The Kier molecular flexibility index (Phi) is 5.98. The van der Waals surface area contributed by atoms with Crippen molar-refractivity contribution >= 4 is 27.6 Å². The highest BCUT2D eigenvalue weighted by molar-refractivity contribution is 7.18. The highest BCUT2D eigenvalue weighted by Gasteiger charge is 2.31. The Hall–Kier alpha value is -1.77. The lowest BCUT2D eigenvalue weighted by atomic mass is 9.83. The van der Waals surface area contributed by atoms with Gasteiger partial charge in [-0.2, -0.15) is 0 Å². The number of aromatic nitrogens is 2. The first-order valence-electron chi connectivity index (χ1n) is 9.22. The highest BCUT2D eigenvalue weighted by atomic mass is 32.1. The van der Waals surface area contributed by atoms with Gasteiger partial charge in [0.15, 0.2) is 0 Å². The molecule has 3 rings (SSSR count). The number of pyridine rings is 1. The molecule has 1 atom stereocenters. The molecule has 0 bridgehead atoms. The fraction of sp³-hybridized carbons (Fsp3) is 0.632. The van der Waals surface area contributed by atoms with Gasteiger partial charge in [-0.15, -0.1) is 0 Å². The van der Waals surface area contributed by atoms with Crippen LogP contribution in [-0.2, 0) is 15.1 Å². The summed E-state index contributed by atoms with van der Waals surface area (Å²) in [6.07, 6.45) is 2.15. The number of rotatable bonds is 8. The summed E-state index contributed by atoms with van der Waals surface area (Å²) in [5.74, 6) is 1.00. The summed E-state index contributed by atoms with van der Waals surface area (Å²) < 4.78 is 11.6. The lowest BCUT2D eigenvalue weighted by molar-refractivity contribution is -0.120. The molecule has 7 nitrogen and oxygen atoms in total. The molecule has 2 aromatic rings. The van der Waals surface area contributed by atoms with Crippen molar-refractivity contribution in [2.75, 3.05) is 13.2 Å². The van der Waals surface area contributed by atoms with Crippen molar-refractivity contribution in [1.82, 2.24) is 15.3 Å². The predicted octanol–water partition coefficient (Wildman–Crippen LogP) is 2.62. The van der Waals surface area contributed by atoms with Gasteiger partial charge >= 0.3 is 0 Å². The quantitative estimate of drug-likeness (QED) is 0.716. The first kappa shape index (κ1) is 20.0. The molecule has 148 valence electrons. The number of hydrogen-bond donors (Lipinski definition) is 2. The van der Waals surface area contributed by atoms with E-state index in [-0.39, 0.29) is 18.1 Å². The Morgan fingerprint density at radius 3 is 2.81 bits per heavy atom. The van der Waals surface area contributed by atoms with Crippen LogP contribution in [0.25, 0.3) is 10.3 Å². The summed E-state index contributed by atoms with van der Waals surface area (Å²) in [6.45, 7) is 8.02. The zero-order valence-electron chi connectivity index (χ0n) is 16.2. The molecule has 8 heteroatoms. The van der Waals surface area contributed by atoms with Gasteiger partial charge in [0.1, 0.15) is 21.0 Å². The van der Waals surface area contributed by atoms with Gasteiger partial charge in [-0.1, -0.05) is 11.3 Å². The van der Waals surface area contributed by atoms with Gasteiger partial charge in [-0.05, 0) is 45.6 Å². The first-order valence-corrected chi connectivity index (χ1v) is 10.0. The molecule has 2 aromatic heterocycles. The molecule has 1 saturated carbocycles. The summed E-state index contributed by atoms with van der Waals surface area (Å²) in [5, 5.41) is 13.5. The van der Waals surface area contributed by atoms with Crippen molar-refractivity contribution in [1.29, 1.82) is 0 Å². The number of amides is 1. The zero-order valence-corrected chi connectivity index (χ0v) is 17.0. The minimum atomic E-state index is -0.967. The molecule has 2 N–H and O–H groups in total. The van der Waals surface area contributed by atoms with Crippen LogP contribution in [-0.4, -0.2) is 46.3 Å². The van der Waals surface area contributed by atoms with E-state index in [1.54, 1.807) is 13.8 Å². The van der Waals surface area contributed by atoms with Crippen molar-refractivity contribution in [2.24, 2.45) is 5.92 Å². The van der Waals surface area contributed by atoms with E-state index in [9.17, 15) is 9.90 Å². The number of ether oxygens (including phenoxy) is 2. The van der Waals surface area contributed by atoms with Crippen molar-refractivity contribution in [3.8, 4) is 5.88 Å². The first-order chi connectivity index (χ1) is 12.7. The van der Waals surface area contributed by atoms with E-state index in [1.807, 2.05) is 19.1 Å². The van der Waals surface area contributed by atoms with E-state index in [1.165, 1.54) is 18.3 Å². The average molecular weight is 394 g/mol. The topological polar surface area (TPSA) is 93.6 Å². The lowest BCUT2D eigenvalue weighted by Crippen LogP contribution is -2.40. The van der Waals surface area contributed by atoms with E-state index in [0.29, 0.717) is 30.0 Å². The van der Waals surface area contributed by atoms with Crippen LogP contribution < -0.4 is 10.1 Å². The number of carbonyl (C=O) groups excluding carboxylic acids is 1. The monoisotopic (exact) mass is 393 g/mol. The fourth-order valence-electron chi connectivity index (χ4n) is 2.96. The maximum Gasteiger partial charge on any atom is 0.217 e. The predicted molar refractivity (Wildman–Crippen MR) is 104 cm³/mol. The van der Waals surface area contributed by atoms with E-state index in [4.69, 9.17) is 9.47 Å². The second kappa shape index (κ2) is 8.08. The maximum absolute atomic E-state index is 11.0. The summed E-state index contributed by atoms with van der Waals surface area (Å²) in [6, 6.07) is 3.72. The molecule has 27 heavy (non-hydrogen) atoms. The molecule has 1 aliphatic carbocycles. The van der Waals surface area contributed by atoms with Crippen LogP contribution >= 0.6 is 11.3 Å². The molecular weight excluding hydrogens is 366 g/mol. The van der Waals surface area contributed by atoms with Gasteiger partial charge in [0, 0.05) is 19.0 Å². The molecule has 0 unspecified atom stereocenters. The summed E-state index contributed by atoms with van der Waals surface area (Å²) >= 11 is 1.38. The second-order valence-electron chi connectivity index (χ2n) is 7.76. The lowest BCUT2D eigenvalue weighted by Gasteiger charge is -2.35. The van der Waals surface area contributed by atoms with Gasteiger partial charge in [0.2, 0.25) is 11.8 Å². The molecule has 0 aliphatic heterocycles. The van der Waals surface area contributed by atoms with Crippen molar-refractivity contribution in [2.45, 2.75) is 58.3 Å². The Labute approximate surface area is 163 Å². The second-order valence-corrected chi connectivity index (χ2v) is 8.73.